The Hall–Kier alpha value is -0.160. The molecule has 2 rings (SSSR count). The van der Waals surface area contributed by atoms with E-state index in [0.717, 1.165) is 45.8 Å². The van der Waals surface area contributed by atoms with E-state index in [2.05, 4.69) is 22.5 Å². The molecule has 4 heteroatoms. The largest absolute Gasteiger partial charge is 0.371 e. The maximum Gasteiger partial charge on any atom is 0.0830 e. The monoisotopic (exact) mass is 199 g/mol. The van der Waals surface area contributed by atoms with Gasteiger partial charge in [0, 0.05) is 45.8 Å². The van der Waals surface area contributed by atoms with Crippen LogP contribution in [0.2, 0.25) is 0 Å². The van der Waals surface area contributed by atoms with Crippen LogP contribution in [0.1, 0.15) is 6.92 Å². The maximum atomic E-state index is 5.86. The van der Waals surface area contributed by atoms with Crippen LogP contribution in [0.25, 0.3) is 0 Å². The summed E-state index contributed by atoms with van der Waals surface area (Å²) in [6, 6.07) is 0. The van der Waals surface area contributed by atoms with E-state index in [-0.39, 0.29) is 0 Å². The van der Waals surface area contributed by atoms with Crippen LogP contribution in [0.3, 0.4) is 0 Å². The van der Waals surface area contributed by atoms with Crippen LogP contribution in [-0.2, 0) is 4.74 Å². The van der Waals surface area contributed by atoms with Gasteiger partial charge in [-0.15, -0.1) is 0 Å². The molecule has 0 saturated carbocycles. The Morgan fingerprint density at radius 2 is 2.00 bits per heavy atom. The van der Waals surface area contributed by atoms with Crippen molar-refractivity contribution in [2.45, 2.75) is 19.1 Å². The van der Waals surface area contributed by atoms with Gasteiger partial charge in [-0.05, 0) is 6.92 Å². The zero-order valence-electron chi connectivity index (χ0n) is 8.96. The predicted octanol–water partition coefficient (Wildman–Crippen LogP) is -0.731. The van der Waals surface area contributed by atoms with E-state index in [1.165, 1.54) is 0 Å². The Morgan fingerprint density at radius 1 is 1.21 bits per heavy atom. The van der Waals surface area contributed by atoms with Crippen molar-refractivity contribution in [3.63, 3.8) is 0 Å². The van der Waals surface area contributed by atoms with Crippen molar-refractivity contribution in [2.75, 3.05) is 45.8 Å². The first-order valence-electron chi connectivity index (χ1n) is 5.64. The summed E-state index contributed by atoms with van der Waals surface area (Å²) in [5.41, 5.74) is 0. The quantitative estimate of drug-likeness (QED) is 0.615. The third-order valence-electron chi connectivity index (χ3n) is 2.90. The lowest BCUT2D eigenvalue weighted by Crippen LogP contribution is -2.52. The lowest BCUT2D eigenvalue weighted by Gasteiger charge is -2.34. The van der Waals surface area contributed by atoms with Crippen molar-refractivity contribution >= 4 is 0 Å². The second-order valence-corrected chi connectivity index (χ2v) is 4.28. The van der Waals surface area contributed by atoms with Gasteiger partial charge in [0.15, 0.2) is 0 Å². The molecule has 2 aliphatic rings. The standard InChI is InChI=1S/C10H21N3O/c1-9-6-12-7-10(14-9)8-13-4-2-11-3-5-13/h9-12H,2-8H2,1H3/t9-,10+/m1/s1. The van der Waals surface area contributed by atoms with E-state index in [4.69, 9.17) is 4.74 Å². The molecule has 2 fully saturated rings. The molecule has 0 aromatic carbocycles. The minimum absolute atomic E-state index is 0.372. The molecular formula is C10H21N3O. The number of morpholine rings is 1. The fraction of sp³-hybridized carbons (Fsp3) is 1.00. The van der Waals surface area contributed by atoms with Gasteiger partial charge in [0.2, 0.25) is 0 Å². The van der Waals surface area contributed by atoms with E-state index >= 15 is 0 Å². The van der Waals surface area contributed by atoms with Crippen LogP contribution in [0, 0.1) is 0 Å². The summed E-state index contributed by atoms with van der Waals surface area (Å²) in [4.78, 5) is 2.49. The zero-order chi connectivity index (χ0) is 9.80. The molecule has 2 heterocycles. The number of rotatable bonds is 2. The summed E-state index contributed by atoms with van der Waals surface area (Å²) < 4.78 is 5.86. The second-order valence-electron chi connectivity index (χ2n) is 4.28. The lowest BCUT2D eigenvalue weighted by molar-refractivity contribution is -0.0434. The fourth-order valence-corrected chi connectivity index (χ4v) is 2.16. The second kappa shape index (κ2) is 5.07. The summed E-state index contributed by atoms with van der Waals surface area (Å²) in [7, 11) is 0. The molecule has 0 aromatic heterocycles. The summed E-state index contributed by atoms with van der Waals surface area (Å²) in [6.45, 7) is 9.79. The molecule has 2 aliphatic heterocycles. The maximum absolute atomic E-state index is 5.86. The van der Waals surface area contributed by atoms with Crippen molar-refractivity contribution in [3.05, 3.63) is 0 Å². The molecule has 82 valence electrons. The zero-order valence-corrected chi connectivity index (χ0v) is 8.96. The first-order valence-corrected chi connectivity index (χ1v) is 5.64. The highest BCUT2D eigenvalue weighted by Gasteiger charge is 2.21. The third-order valence-corrected chi connectivity index (χ3v) is 2.90. The molecule has 0 aliphatic carbocycles. The molecule has 0 spiro atoms. The van der Waals surface area contributed by atoms with E-state index < -0.39 is 0 Å². The Bertz CT molecular complexity index is 171. The van der Waals surface area contributed by atoms with Crippen LogP contribution < -0.4 is 10.6 Å². The molecule has 0 amide bonds. The highest BCUT2D eigenvalue weighted by molar-refractivity contribution is 4.77. The van der Waals surface area contributed by atoms with Crippen molar-refractivity contribution in [3.8, 4) is 0 Å². The number of nitrogens with zero attached hydrogens (tertiary/aromatic N) is 1. The minimum atomic E-state index is 0.372. The molecule has 0 radical (unpaired) electrons. The average molecular weight is 199 g/mol. The summed E-state index contributed by atoms with van der Waals surface area (Å²) >= 11 is 0. The molecule has 0 bridgehead atoms. The number of nitrogens with one attached hydrogen (secondary N) is 2. The van der Waals surface area contributed by atoms with Crippen molar-refractivity contribution < 1.29 is 4.74 Å². The SMILES string of the molecule is C[C@@H]1CNC[C@@H](CN2CCNCC2)O1. The molecule has 0 unspecified atom stereocenters. The van der Waals surface area contributed by atoms with Gasteiger partial charge in [-0.2, -0.15) is 0 Å². The molecular weight excluding hydrogens is 178 g/mol. The smallest absolute Gasteiger partial charge is 0.0830 e. The number of hydrogen-bond acceptors (Lipinski definition) is 4. The topological polar surface area (TPSA) is 36.5 Å². The minimum Gasteiger partial charge on any atom is -0.371 e. The Balaban J connectivity index is 1.72. The van der Waals surface area contributed by atoms with Crippen molar-refractivity contribution in [1.29, 1.82) is 0 Å². The predicted molar refractivity (Wildman–Crippen MR) is 56.5 cm³/mol. The summed E-state index contributed by atoms with van der Waals surface area (Å²) in [5, 5.41) is 6.77. The first kappa shape index (κ1) is 10.4. The number of piperazine rings is 1. The summed E-state index contributed by atoms with van der Waals surface area (Å²) in [5.74, 6) is 0. The Kier molecular flexibility index (Phi) is 3.75. The van der Waals surface area contributed by atoms with Crippen LogP contribution in [0.5, 0.6) is 0 Å². The lowest BCUT2D eigenvalue weighted by atomic mass is 10.2. The van der Waals surface area contributed by atoms with Gasteiger partial charge in [-0.1, -0.05) is 0 Å². The molecule has 2 atom stereocenters. The van der Waals surface area contributed by atoms with E-state index in [9.17, 15) is 0 Å². The highest BCUT2D eigenvalue weighted by atomic mass is 16.5. The fourth-order valence-electron chi connectivity index (χ4n) is 2.16. The van der Waals surface area contributed by atoms with Crippen LogP contribution in [0.4, 0.5) is 0 Å². The number of hydrogen-bond donors (Lipinski definition) is 2. The molecule has 2 N–H and O–H groups in total. The molecule has 14 heavy (non-hydrogen) atoms. The Morgan fingerprint density at radius 3 is 2.71 bits per heavy atom. The van der Waals surface area contributed by atoms with Crippen molar-refractivity contribution in [1.82, 2.24) is 15.5 Å². The van der Waals surface area contributed by atoms with E-state index in [1.54, 1.807) is 0 Å². The molecule has 4 nitrogen and oxygen atoms in total. The van der Waals surface area contributed by atoms with Gasteiger partial charge in [0.25, 0.3) is 0 Å². The van der Waals surface area contributed by atoms with Crippen molar-refractivity contribution in [2.24, 2.45) is 0 Å². The molecule has 0 aromatic rings. The number of ether oxygens (including phenoxy) is 1. The normalized spacial score (nSPS) is 35.8. The third kappa shape index (κ3) is 2.92. The Labute approximate surface area is 86.0 Å². The average Bonchev–Trinajstić information content (AvgIpc) is 2.19. The summed E-state index contributed by atoms with van der Waals surface area (Å²) in [6.07, 6.45) is 0.758. The van der Waals surface area contributed by atoms with Gasteiger partial charge in [-0.25, -0.2) is 0 Å². The van der Waals surface area contributed by atoms with Crippen LogP contribution >= 0.6 is 0 Å². The van der Waals surface area contributed by atoms with E-state index in [1.807, 2.05) is 0 Å². The van der Waals surface area contributed by atoms with Gasteiger partial charge >= 0.3 is 0 Å². The molecule has 2 saturated heterocycles. The highest BCUT2D eigenvalue weighted by Crippen LogP contribution is 2.05. The van der Waals surface area contributed by atoms with Gasteiger partial charge in [-0.3, -0.25) is 4.90 Å². The van der Waals surface area contributed by atoms with Crippen LogP contribution in [0.15, 0.2) is 0 Å². The van der Waals surface area contributed by atoms with Gasteiger partial charge < -0.3 is 15.4 Å². The van der Waals surface area contributed by atoms with Gasteiger partial charge in [0.05, 0.1) is 12.2 Å². The van der Waals surface area contributed by atoms with E-state index in [0.29, 0.717) is 12.2 Å². The van der Waals surface area contributed by atoms with Crippen LogP contribution in [-0.4, -0.2) is 62.9 Å². The van der Waals surface area contributed by atoms with Gasteiger partial charge in [0.1, 0.15) is 0 Å². The first-order chi connectivity index (χ1) is 6.84.